The van der Waals surface area contributed by atoms with Crippen molar-refractivity contribution in [3.63, 3.8) is 0 Å². The summed E-state index contributed by atoms with van der Waals surface area (Å²) in [6.07, 6.45) is 0. The summed E-state index contributed by atoms with van der Waals surface area (Å²) in [5, 5.41) is 5.37. The van der Waals surface area contributed by atoms with Gasteiger partial charge in [0.2, 0.25) is 5.13 Å². The van der Waals surface area contributed by atoms with Gasteiger partial charge >= 0.3 is 12.0 Å². The number of carbonyl (C=O) groups is 2. The van der Waals surface area contributed by atoms with Crippen molar-refractivity contribution in [3.05, 3.63) is 35.7 Å². The number of rotatable bonds is 3. The summed E-state index contributed by atoms with van der Waals surface area (Å²) in [4.78, 5) is 26.8. The average Bonchev–Trinajstić information content (AvgIpc) is 2.86. The molecule has 1 aromatic heterocycles. The number of methoxy groups -OCH3 is 1. The third-order valence-corrected chi connectivity index (χ3v) is 2.92. The van der Waals surface area contributed by atoms with E-state index in [1.54, 1.807) is 6.07 Å². The molecule has 0 bridgehead atoms. The van der Waals surface area contributed by atoms with Crippen LogP contribution in [0.3, 0.4) is 0 Å². The van der Waals surface area contributed by atoms with Crippen LogP contribution in [-0.2, 0) is 4.74 Å². The van der Waals surface area contributed by atoms with Gasteiger partial charge in [0.1, 0.15) is 0 Å². The molecule has 0 aliphatic rings. The van der Waals surface area contributed by atoms with Crippen LogP contribution in [0.2, 0.25) is 0 Å². The fraction of sp³-hybridized carbons (Fsp3) is 0.167. The SMILES string of the molecule is COC(=O)c1nsc(NC(=O)Nc2cccc(C)c2)n1. The number of aromatic nitrogens is 2. The molecule has 2 amide bonds. The molecule has 0 radical (unpaired) electrons. The summed E-state index contributed by atoms with van der Waals surface area (Å²) in [7, 11) is 1.24. The molecule has 0 saturated carbocycles. The lowest BCUT2D eigenvalue weighted by atomic mass is 10.2. The van der Waals surface area contributed by atoms with Crippen LogP contribution in [0.5, 0.6) is 0 Å². The third kappa shape index (κ3) is 3.51. The fourth-order valence-corrected chi connectivity index (χ4v) is 1.98. The van der Waals surface area contributed by atoms with Crippen molar-refractivity contribution >= 4 is 34.4 Å². The molecule has 104 valence electrons. The Labute approximate surface area is 119 Å². The number of nitrogens with one attached hydrogen (secondary N) is 2. The Kier molecular flexibility index (Phi) is 4.26. The third-order valence-electron chi connectivity index (χ3n) is 2.29. The van der Waals surface area contributed by atoms with Gasteiger partial charge in [0.25, 0.3) is 5.82 Å². The van der Waals surface area contributed by atoms with E-state index in [4.69, 9.17) is 0 Å². The van der Waals surface area contributed by atoms with Crippen molar-refractivity contribution in [3.8, 4) is 0 Å². The van der Waals surface area contributed by atoms with E-state index >= 15 is 0 Å². The van der Waals surface area contributed by atoms with Gasteiger partial charge in [-0.3, -0.25) is 5.32 Å². The zero-order valence-electron chi connectivity index (χ0n) is 10.8. The number of ether oxygens (including phenoxy) is 1. The van der Waals surface area contributed by atoms with Gasteiger partial charge in [0.05, 0.1) is 7.11 Å². The van der Waals surface area contributed by atoms with Gasteiger partial charge in [0, 0.05) is 17.2 Å². The normalized spacial score (nSPS) is 9.90. The van der Waals surface area contributed by atoms with Gasteiger partial charge in [-0.1, -0.05) is 12.1 Å². The largest absolute Gasteiger partial charge is 0.463 e. The van der Waals surface area contributed by atoms with Crippen LogP contribution in [0, 0.1) is 6.92 Å². The van der Waals surface area contributed by atoms with Gasteiger partial charge in [-0.25, -0.2) is 9.59 Å². The number of anilines is 2. The van der Waals surface area contributed by atoms with Crippen LogP contribution in [-0.4, -0.2) is 28.5 Å². The van der Waals surface area contributed by atoms with Crippen molar-refractivity contribution in [2.45, 2.75) is 6.92 Å². The first-order valence-electron chi connectivity index (χ1n) is 5.65. The van der Waals surface area contributed by atoms with Gasteiger partial charge in [0.15, 0.2) is 0 Å². The molecule has 0 aliphatic heterocycles. The van der Waals surface area contributed by atoms with Gasteiger partial charge < -0.3 is 10.1 Å². The zero-order valence-corrected chi connectivity index (χ0v) is 11.7. The molecule has 2 N–H and O–H groups in total. The van der Waals surface area contributed by atoms with Crippen LogP contribution in [0.15, 0.2) is 24.3 Å². The molecule has 2 aromatic rings. The van der Waals surface area contributed by atoms with Crippen LogP contribution < -0.4 is 10.6 Å². The highest BCUT2D eigenvalue weighted by molar-refractivity contribution is 7.10. The smallest absolute Gasteiger partial charge is 0.377 e. The Morgan fingerprint density at radius 1 is 1.30 bits per heavy atom. The highest BCUT2D eigenvalue weighted by Crippen LogP contribution is 2.13. The molecule has 0 saturated heterocycles. The second kappa shape index (κ2) is 6.11. The molecule has 1 heterocycles. The molecule has 8 heteroatoms. The maximum Gasteiger partial charge on any atom is 0.377 e. The van der Waals surface area contributed by atoms with Gasteiger partial charge in [-0.2, -0.15) is 9.36 Å². The number of esters is 1. The van der Waals surface area contributed by atoms with Gasteiger partial charge in [-0.15, -0.1) is 0 Å². The topological polar surface area (TPSA) is 93.2 Å². The second-order valence-corrected chi connectivity index (χ2v) is 4.62. The molecule has 0 aliphatic carbocycles. The van der Waals surface area contributed by atoms with Crippen molar-refractivity contribution in [2.24, 2.45) is 0 Å². The Balaban J connectivity index is 1.98. The Morgan fingerprint density at radius 3 is 2.80 bits per heavy atom. The summed E-state index contributed by atoms with van der Waals surface area (Å²) in [5.41, 5.74) is 1.70. The zero-order chi connectivity index (χ0) is 14.5. The summed E-state index contributed by atoms with van der Waals surface area (Å²) < 4.78 is 8.25. The van der Waals surface area contributed by atoms with E-state index in [1.807, 2.05) is 25.1 Å². The lowest BCUT2D eigenvalue weighted by molar-refractivity contribution is 0.0588. The minimum absolute atomic E-state index is 0.0802. The maximum absolute atomic E-state index is 11.7. The average molecular weight is 292 g/mol. The van der Waals surface area contributed by atoms with E-state index in [-0.39, 0.29) is 11.0 Å². The summed E-state index contributed by atoms with van der Waals surface area (Å²) in [6, 6.07) is 6.91. The first-order chi connectivity index (χ1) is 9.58. The standard InChI is InChI=1S/C12H12N4O3S/c1-7-4-3-5-8(6-7)13-11(18)15-12-14-9(16-20-12)10(17)19-2/h3-6H,1-2H3,(H2,13,14,15,16,18). The van der Waals surface area contributed by atoms with Gasteiger partial charge in [-0.05, 0) is 24.6 Å². The molecule has 0 spiro atoms. The van der Waals surface area contributed by atoms with Crippen molar-refractivity contribution < 1.29 is 14.3 Å². The molecule has 1 aromatic carbocycles. The molecule has 7 nitrogen and oxygen atoms in total. The second-order valence-electron chi connectivity index (χ2n) is 3.86. The van der Waals surface area contributed by atoms with E-state index in [0.717, 1.165) is 17.1 Å². The quantitative estimate of drug-likeness (QED) is 0.846. The molecule has 0 atom stereocenters. The summed E-state index contributed by atoms with van der Waals surface area (Å²) in [6.45, 7) is 1.93. The van der Waals surface area contributed by atoms with E-state index < -0.39 is 12.0 Å². The first-order valence-corrected chi connectivity index (χ1v) is 6.42. The Bertz CT molecular complexity index is 641. The van der Waals surface area contributed by atoms with E-state index in [2.05, 4.69) is 24.7 Å². The monoisotopic (exact) mass is 292 g/mol. The number of benzene rings is 1. The minimum Gasteiger partial charge on any atom is -0.463 e. The Hall–Kier alpha value is -2.48. The molecule has 20 heavy (non-hydrogen) atoms. The van der Waals surface area contributed by atoms with Crippen LogP contribution in [0.1, 0.15) is 16.2 Å². The maximum atomic E-state index is 11.7. The lowest BCUT2D eigenvalue weighted by Crippen LogP contribution is -2.19. The number of urea groups is 1. The first kappa shape index (κ1) is 13.9. The van der Waals surface area contributed by atoms with Crippen LogP contribution in [0.25, 0.3) is 0 Å². The number of aryl methyl sites for hydroxylation is 1. The highest BCUT2D eigenvalue weighted by Gasteiger charge is 2.14. The minimum atomic E-state index is -0.645. The van der Waals surface area contributed by atoms with Crippen LogP contribution >= 0.6 is 11.5 Å². The molecular formula is C12H12N4O3S. The lowest BCUT2D eigenvalue weighted by Gasteiger charge is -2.05. The summed E-state index contributed by atoms with van der Waals surface area (Å²) >= 11 is 0.901. The molecule has 0 unspecified atom stereocenters. The predicted molar refractivity (Wildman–Crippen MR) is 75.1 cm³/mol. The molecule has 2 rings (SSSR count). The van der Waals surface area contributed by atoms with Crippen LogP contribution in [0.4, 0.5) is 15.6 Å². The highest BCUT2D eigenvalue weighted by atomic mass is 32.1. The molecular weight excluding hydrogens is 280 g/mol. The predicted octanol–water partition coefficient (Wildman–Crippen LogP) is 2.28. The van der Waals surface area contributed by atoms with E-state index in [1.165, 1.54) is 7.11 Å². The van der Waals surface area contributed by atoms with E-state index in [9.17, 15) is 9.59 Å². The van der Waals surface area contributed by atoms with Crippen molar-refractivity contribution in [1.29, 1.82) is 0 Å². The summed E-state index contributed by atoms with van der Waals surface area (Å²) in [5.74, 6) is -0.725. The Morgan fingerprint density at radius 2 is 2.10 bits per heavy atom. The van der Waals surface area contributed by atoms with E-state index in [0.29, 0.717) is 5.69 Å². The van der Waals surface area contributed by atoms with Crippen molar-refractivity contribution in [2.75, 3.05) is 17.7 Å². The number of nitrogens with zero attached hydrogens (tertiary/aromatic N) is 2. The number of amides is 2. The fourth-order valence-electron chi connectivity index (χ4n) is 1.43. The number of hydrogen-bond acceptors (Lipinski definition) is 6. The number of carbonyl (C=O) groups excluding carboxylic acids is 2. The number of hydrogen-bond donors (Lipinski definition) is 2. The molecule has 0 fully saturated rings. The van der Waals surface area contributed by atoms with Crippen molar-refractivity contribution in [1.82, 2.24) is 9.36 Å².